The van der Waals surface area contributed by atoms with Crippen molar-refractivity contribution in [2.24, 2.45) is 17.8 Å². The zero-order valence-corrected chi connectivity index (χ0v) is 7.46. The predicted molar refractivity (Wildman–Crippen MR) is 43.1 cm³/mol. The van der Waals surface area contributed by atoms with Crippen molar-refractivity contribution in [3.8, 4) is 0 Å². The number of hydrogen-bond acceptors (Lipinski definition) is 2. The van der Waals surface area contributed by atoms with Gasteiger partial charge in [0.1, 0.15) is 0 Å². The summed E-state index contributed by atoms with van der Waals surface area (Å²) in [7, 11) is 0. The molecule has 2 atom stereocenters. The number of rotatable bonds is 3. The highest BCUT2D eigenvalue weighted by atomic mass is 16.5. The third-order valence-electron chi connectivity index (χ3n) is 2.29. The SMILES string of the molecule is CCOC(=O)[C@H]1C[C@@H]1C(C)C. The molecule has 1 aliphatic carbocycles. The van der Waals surface area contributed by atoms with Crippen LogP contribution >= 0.6 is 0 Å². The number of carbonyl (C=O) groups excluding carboxylic acids is 1. The lowest BCUT2D eigenvalue weighted by Gasteiger charge is -2.02. The molecule has 64 valence electrons. The van der Waals surface area contributed by atoms with Crippen LogP contribution < -0.4 is 0 Å². The van der Waals surface area contributed by atoms with Crippen molar-refractivity contribution in [2.75, 3.05) is 6.61 Å². The van der Waals surface area contributed by atoms with Crippen LogP contribution in [-0.4, -0.2) is 12.6 Å². The zero-order chi connectivity index (χ0) is 8.43. The molecule has 2 nitrogen and oxygen atoms in total. The Bertz CT molecular complexity index is 152. The topological polar surface area (TPSA) is 26.3 Å². The Morgan fingerprint density at radius 3 is 2.64 bits per heavy atom. The molecule has 0 aromatic rings. The van der Waals surface area contributed by atoms with E-state index in [1.54, 1.807) is 0 Å². The maximum Gasteiger partial charge on any atom is 0.309 e. The third kappa shape index (κ3) is 1.95. The Hall–Kier alpha value is -0.530. The van der Waals surface area contributed by atoms with Crippen LogP contribution in [0.15, 0.2) is 0 Å². The molecule has 0 heterocycles. The quantitative estimate of drug-likeness (QED) is 0.583. The summed E-state index contributed by atoms with van der Waals surface area (Å²) in [5.41, 5.74) is 0. The van der Waals surface area contributed by atoms with E-state index in [-0.39, 0.29) is 11.9 Å². The second-order valence-corrected chi connectivity index (χ2v) is 3.50. The van der Waals surface area contributed by atoms with Gasteiger partial charge in [0.05, 0.1) is 12.5 Å². The minimum atomic E-state index is 0.00574. The molecule has 2 heteroatoms. The van der Waals surface area contributed by atoms with Crippen molar-refractivity contribution in [2.45, 2.75) is 27.2 Å². The molecule has 0 spiro atoms. The maximum atomic E-state index is 11.1. The summed E-state index contributed by atoms with van der Waals surface area (Å²) in [6.07, 6.45) is 1.04. The van der Waals surface area contributed by atoms with Gasteiger partial charge in [-0.15, -0.1) is 0 Å². The van der Waals surface area contributed by atoms with E-state index in [0.717, 1.165) is 6.42 Å². The second-order valence-electron chi connectivity index (χ2n) is 3.50. The van der Waals surface area contributed by atoms with Gasteiger partial charge >= 0.3 is 5.97 Å². The van der Waals surface area contributed by atoms with Crippen LogP contribution in [0.1, 0.15) is 27.2 Å². The fraction of sp³-hybridized carbons (Fsp3) is 0.889. The van der Waals surface area contributed by atoms with Gasteiger partial charge in [-0.1, -0.05) is 13.8 Å². The molecule has 1 saturated carbocycles. The Morgan fingerprint density at radius 2 is 2.27 bits per heavy atom. The molecule has 0 amide bonds. The fourth-order valence-electron chi connectivity index (χ4n) is 1.47. The third-order valence-corrected chi connectivity index (χ3v) is 2.29. The van der Waals surface area contributed by atoms with E-state index in [2.05, 4.69) is 13.8 Å². The van der Waals surface area contributed by atoms with Crippen LogP contribution in [0.5, 0.6) is 0 Å². The van der Waals surface area contributed by atoms with Crippen molar-refractivity contribution in [3.63, 3.8) is 0 Å². The molecule has 11 heavy (non-hydrogen) atoms. The van der Waals surface area contributed by atoms with Gasteiger partial charge in [-0.2, -0.15) is 0 Å². The lowest BCUT2D eigenvalue weighted by Crippen LogP contribution is -2.09. The summed E-state index contributed by atoms with van der Waals surface area (Å²) in [5, 5.41) is 0. The van der Waals surface area contributed by atoms with Crippen LogP contribution in [0.4, 0.5) is 0 Å². The Morgan fingerprint density at radius 1 is 1.64 bits per heavy atom. The van der Waals surface area contributed by atoms with E-state index in [1.807, 2.05) is 6.92 Å². The normalized spacial score (nSPS) is 28.7. The van der Waals surface area contributed by atoms with E-state index in [9.17, 15) is 4.79 Å². The minimum Gasteiger partial charge on any atom is -0.466 e. The summed E-state index contributed by atoms with van der Waals surface area (Å²) in [5.74, 6) is 1.44. The van der Waals surface area contributed by atoms with E-state index >= 15 is 0 Å². The molecule has 0 aliphatic heterocycles. The zero-order valence-electron chi connectivity index (χ0n) is 7.46. The average molecular weight is 156 g/mol. The summed E-state index contributed by atoms with van der Waals surface area (Å²) < 4.78 is 4.91. The number of ether oxygens (including phenoxy) is 1. The smallest absolute Gasteiger partial charge is 0.309 e. The minimum absolute atomic E-state index is 0.00574. The average Bonchev–Trinajstić information content (AvgIpc) is 2.65. The van der Waals surface area contributed by atoms with E-state index < -0.39 is 0 Å². The van der Waals surface area contributed by atoms with Crippen molar-refractivity contribution in [3.05, 3.63) is 0 Å². The van der Waals surface area contributed by atoms with Gasteiger partial charge in [-0.25, -0.2) is 0 Å². The van der Waals surface area contributed by atoms with Crippen LogP contribution in [0.25, 0.3) is 0 Å². The molecule has 1 aliphatic rings. The summed E-state index contributed by atoms with van der Waals surface area (Å²) >= 11 is 0. The maximum absolute atomic E-state index is 11.1. The molecule has 0 N–H and O–H groups in total. The van der Waals surface area contributed by atoms with Crippen LogP contribution in [0, 0.1) is 17.8 Å². The van der Waals surface area contributed by atoms with E-state index in [4.69, 9.17) is 4.74 Å². The summed E-state index contributed by atoms with van der Waals surface area (Å²) in [6, 6.07) is 0. The lowest BCUT2D eigenvalue weighted by molar-refractivity contribution is -0.145. The van der Waals surface area contributed by atoms with Crippen molar-refractivity contribution in [1.82, 2.24) is 0 Å². The van der Waals surface area contributed by atoms with Crippen LogP contribution in [-0.2, 0) is 9.53 Å². The first-order chi connectivity index (χ1) is 5.16. The number of carbonyl (C=O) groups is 1. The van der Waals surface area contributed by atoms with Crippen molar-refractivity contribution < 1.29 is 9.53 Å². The molecule has 0 aromatic heterocycles. The standard InChI is InChI=1S/C9H16O2/c1-4-11-9(10)8-5-7(8)6(2)3/h6-8H,4-5H2,1-3H3/t7-,8+/m1/s1. The Balaban J connectivity index is 2.26. The Kier molecular flexibility index (Phi) is 2.53. The summed E-state index contributed by atoms with van der Waals surface area (Å²) in [6.45, 7) is 6.68. The van der Waals surface area contributed by atoms with Crippen LogP contribution in [0.2, 0.25) is 0 Å². The second kappa shape index (κ2) is 3.24. The molecule has 0 aromatic carbocycles. The number of hydrogen-bond donors (Lipinski definition) is 0. The highest BCUT2D eigenvalue weighted by molar-refractivity contribution is 5.75. The molecule has 1 fully saturated rings. The highest BCUT2D eigenvalue weighted by Gasteiger charge is 2.45. The molecule has 0 unspecified atom stereocenters. The van der Waals surface area contributed by atoms with Gasteiger partial charge < -0.3 is 4.74 Å². The van der Waals surface area contributed by atoms with Gasteiger partial charge in [0, 0.05) is 0 Å². The predicted octanol–water partition coefficient (Wildman–Crippen LogP) is 1.84. The number of esters is 1. The van der Waals surface area contributed by atoms with Crippen LogP contribution in [0.3, 0.4) is 0 Å². The Labute approximate surface area is 67.9 Å². The molecular weight excluding hydrogens is 140 g/mol. The summed E-state index contributed by atoms with van der Waals surface area (Å²) in [4.78, 5) is 11.1. The fourth-order valence-corrected chi connectivity index (χ4v) is 1.47. The van der Waals surface area contributed by atoms with E-state index in [0.29, 0.717) is 18.4 Å². The molecular formula is C9H16O2. The monoisotopic (exact) mass is 156 g/mol. The first-order valence-electron chi connectivity index (χ1n) is 4.33. The molecule has 0 saturated heterocycles. The van der Waals surface area contributed by atoms with E-state index in [1.165, 1.54) is 0 Å². The molecule has 1 rings (SSSR count). The van der Waals surface area contributed by atoms with Gasteiger partial charge in [0.25, 0.3) is 0 Å². The van der Waals surface area contributed by atoms with Gasteiger partial charge in [0.2, 0.25) is 0 Å². The lowest BCUT2D eigenvalue weighted by atomic mass is 10.1. The van der Waals surface area contributed by atoms with Crippen molar-refractivity contribution >= 4 is 5.97 Å². The largest absolute Gasteiger partial charge is 0.466 e. The first-order valence-corrected chi connectivity index (χ1v) is 4.33. The van der Waals surface area contributed by atoms with Gasteiger partial charge in [0.15, 0.2) is 0 Å². The van der Waals surface area contributed by atoms with Gasteiger partial charge in [-0.3, -0.25) is 4.79 Å². The van der Waals surface area contributed by atoms with Crippen molar-refractivity contribution in [1.29, 1.82) is 0 Å². The highest BCUT2D eigenvalue weighted by Crippen LogP contribution is 2.44. The first kappa shape index (κ1) is 8.57. The molecule has 0 bridgehead atoms. The van der Waals surface area contributed by atoms with Gasteiger partial charge in [-0.05, 0) is 25.2 Å². The molecule has 0 radical (unpaired) electrons.